The first-order valence-corrected chi connectivity index (χ1v) is 11.6. The van der Waals surface area contributed by atoms with Crippen molar-refractivity contribution in [2.24, 2.45) is 0 Å². The number of thiophene rings is 1. The summed E-state index contributed by atoms with van der Waals surface area (Å²) in [5, 5.41) is 11.6. The first-order valence-electron chi connectivity index (χ1n) is 9.76. The van der Waals surface area contributed by atoms with Crippen molar-refractivity contribution in [1.82, 2.24) is 14.8 Å². The third-order valence-electron chi connectivity index (χ3n) is 4.64. The summed E-state index contributed by atoms with van der Waals surface area (Å²) in [6.45, 7) is 2.61. The normalized spacial score (nSPS) is 10.8. The lowest BCUT2D eigenvalue weighted by molar-refractivity contribution is -0.116. The number of carbonyl (C=O) groups excluding carboxylic acids is 1. The monoisotopic (exact) mass is 434 g/mol. The predicted molar refractivity (Wildman–Crippen MR) is 124 cm³/mol. The van der Waals surface area contributed by atoms with Gasteiger partial charge in [-0.3, -0.25) is 9.36 Å². The molecule has 2 heterocycles. The average molecular weight is 435 g/mol. The molecule has 0 radical (unpaired) electrons. The number of para-hydroxylation sites is 2. The van der Waals surface area contributed by atoms with Gasteiger partial charge in [0.05, 0.1) is 5.75 Å². The number of carbonyl (C=O) groups is 1. The molecule has 2 aromatic carbocycles. The first-order chi connectivity index (χ1) is 14.8. The van der Waals surface area contributed by atoms with Crippen LogP contribution in [-0.4, -0.2) is 33.0 Å². The SMILES string of the molecule is CCN(C(=O)CSc1nnc(Cc2cccs2)n1-c1ccccc1)c1ccccc1. The van der Waals surface area contributed by atoms with E-state index in [0.29, 0.717) is 18.7 Å². The van der Waals surface area contributed by atoms with E-state index >= 15 is 0 Å². The number of hydrogen-bond acceptors (Lipinski definition) is 5. The fraction of sp³-hybridized carbons (Fsp3) is 0.174. The summed E-state index contributed by atoms with van der Waals surface area (Å²) >= 11 is 3.13. The second-order valence-corrected chi connectivity index (χ2v) is 8.56. The number of anilines is 1. The van der Waals surface area contributed by atoms with Gasteiger partial charge in [0.1, 0.15) is 5.82 Å². The van der Waals surface area contributed by atoms with Crippen molar-refractivity contribution in [2.45, 2.75) is 18.5 Å². The largest absolute Gasteiger partial charge is 0.312 e. The molecule has 0 fully saturated rings. The van der Waals surface area contributed by atoms with Gasteiger partial charge in [0.25, 0.3) is 0 Å². The van der Waals surface area contributed by atoms with Crippen LogP contribution < -0.4 is 4.90 Å². The molecule has 0 aliphatic carbocycles. The Morgan fingerprint density at radius 2 is 1.73 bits per heavy atom. The van der Waals surface area contributed by atoms with Gasteiger partial charge in [-0.1, -0.05) is 54.2 Å². The number of hydrogen-bond donors (Lipinski definition) is 0. The number of benzene rings is 2. The zero-order valence-corrected chi connectivity index (χ0v) is 18.3. The summed E-state index contributed by atoms with van der Waals surface area (Å²) in [7, 11) is 0. The topological polar surface area (TPSA) is 51.0 Å². The maximum Gasteiger partial charge on any atom is 0.237 e. The minimum Gasteiger partial charge on any atom is -0.312 e. The molecule has 1 amide bonds. The van der Waals surface area contributed by atoms with Gasteiger partial charge in [0.2, 0.25) is 5.91 Å². The predicted octanol–water partition coefficient (Wildman–Crippen LogP) is 5.06. The molecule has 0 bridgehead atoms. The Balaban J connectivity index is 1.56. The summed E-state index contributed by atoms with van der Waals surface area (Å²) < 4.78 is 2.05. The van der Waals surface area contributed by atoms with Crippen molar-refractivity contribution in [1.29, 1.82) is 0 Å². The van der Waals surface area contributed by atoms with Gasteiger partial charge in [-0.05, 0) is 42.6 Å². The number of thioether (sulfide) groups is 1. The van der Waals surface area contributed by atoms with Crippen LogP contribution in [0.3, 0.4) is 0 Å². The van der Waals surface area contributed by atoms with E-state index < -0.39 is 0 Å². The van der Waals surface area contributed by atoms with E-state index in [0.717, 1.165) is 22.4 Å². The standard InChI is InChI=1S/C23H22N4OS2/c1-2-26(18-10-5-3-6-11-18)22(28)17-30-23-25-24-21(16-20-14-9-15-29-20)27(23)19-12-7-4-8-13-19/h3-15H,2,16-17H2,1H3. The Labute approximate surface area is 184 Å². The molecule has 4 rings (SSSR count). The smallest absolute Gasteiger partial charge is 0.237 e. The Kier molecular flexibility index (Phi) is 6.61. The van der Waals surface area contributed by atoms with Crippen LogP contribution in [0.25, 0.3) is 5.69 Å². The first kappa shape index (κ1) is 20.4. The Morgan fingerprint density at radius 3 is 2.40 bits per heavy atom. The van der Waals surface area contributed by atoms with E-state index in [1.54, 1.807) is 16.2 Å². The maximum atomic E-state index is 12.9. The molecule has 2 aromatic heterocycles. The summed E-state index contributed by atoms with van der Waals surface area (Å²) in [5.74, 6) is 1.22. The van der Waals surface area contributed by atoms with Gasteiger partial charge >= 0.3 is 0 Å². The van der Waals surface area contributed by atoms with E-state index in [1.165, 1.54) is 16.6 Å². The molecule has 0 saturated heterocycles. The van der Waals surface area contributed by atoms with Gasteiger partial charge < -0.3 is 4.90 Å². The lowest BCUT2D eigenvalue weighted by Crippen LogP contribution is -2.32. The highest BCUT2D eigenvalue weighted by atomic mass is 32.2. The van der Waals surface area contributed by atoms with Crippen molar-refractivity contribution in [3.63, 3.8) is 0 Å². The van der Waals surface area contributed by atoms with Crippen LogP contribution in [0.1, 0.15) is 17.6 Å². The van der Waals surface area contributed by atoms with E-state index in [1.807, 2.05) is 73.7 Å². The Hall–Kier alpha value is -2.90. The second kappa shape index (κ2) is 9.73. The molecule has 5 nitrogen and oxygen atoms in total. The molecular formula is C23H22N4OS2. The van der Waals surface area contributed by atoms with Crippen LogP contribution in [0.4, 0.5) is 5.69 Å². The Morgan fingerprint density at radius 1 is 1.00 bits per heavy atom. The summed E-state index contributed by atoms with van der Waals surface area (Å²) in [6, 6.07) is 24.0. The number of rotatable bonds is 8. The number of aromatic nitrogens is 3. The third kappa shape index (κ3) is 4.63. The van der Waals surface area contributed by atoms with Crippen molar-refractivity contribution >= 4 is 34.7 Å². The lowest BCUT2D eigenvalue weighted by atomic mass is 10.3. The molecule has 0 aliphatic heterocycles. The molecule has 4 aromatic rings. The minimum atomic E-state index is 0.0520. The van der Waals surface area contributed by atoms with Crippen molar-refractivity contribution < 1.29 is 4.79 Å². The van der Waals surface area contributed by atoms with Gasteiger partial charge in [-0.15, -0.1) is 21.5 Å². The zero-order chi connectivity index (χ0) is 20.8. The highest BCUT2D eigenvalue weighted by Crippen LogP contribution is 2.25. The van der Waals surface area contributed by atoms with Crippen LogP contribution in [0, 0.1) is 0 Å². The summed E-state index contributed by atoms with van der Waals surface area (Å²) in [6.07, 6.45) is 0.708. The van der Waals surface area contributed by atoms with E-state index in [4.69, 9.17) is 0 Å². The molecular weight excluding hydrogens is 412 g/mol. The minimum absolute atomic E-state index is 0.0520. The van der Waals surface area contributed by atoms with Gasteiger partial charge in [-0.2, -0.15) is 0 Å². The molecule has 0 unspecified atom stereocenters. The molecule has 7 heteroatoms. The highest BCUT2D eigenvalue weighted by Gasteiger charge is 2.19. The zero-order valence-electron chi connectivity index (χ0n) is 16.6. The van der Waals surface area contributed by atoms with Gasteiger partial charge in [0.15, 0.2) is 5.16 Å². The van der Waals surface area contributed by atoms with Crippen LogP contribution in [0.5, 0.6) is 0 Å². The quantitative estimate of drug-likeness (QED) is 0.364. The molecule has 152 valence electrons. The van der Waals surface area contributed by atoms with Crippen molar-refractivity contribution in [2.75, 3.05) is 17.2 Å². The molecule has 0 aliphatic rings. The van der Waals surface area contributed by atoms with E-state index in [2.05, 4.69) is 26.2 Å². The third-order valence-corrected chi connectivity index (χ3v) is 6.43. The lowest BCUT2D eigenvalue weighted by Gasteiger charge is -2.20. The van der Waals surface area contributed by atoms with Gasteiger partial charge in [0, 0.05) is 29.2 Å². The summed E-state index contributed by atoms with van der Waals surface area (Å²) in [4.78, 5) is 15.9. The van der Waals surface area contributed by atoms with Crippen molar-refractivity contribution in [3.8, 4) is 5.69 Å². The van der Waals surface area contributed by atoms with Crippen LogP contribution >= 0.6 is 23.1 Å². The van der Waals surface area contributed by atoms with Crippen LogP contribution in [0.2, 0.25) is 0 Å². The molecule has 30 heavy (non-hydrogen) atoms. The number of amides is 1. The Bertz CT molecular complexity index is 1080. The van der Waals surface area contributed by atoms with Crippen LogP contribution in [0.15, 0.2) is 83.3 Å². The molecule has 0 saturated carbocycles. The second-order valence-electron chi connectivity index (χ2n) is 6.59. The number of nitrogens with zero attached hydrogens (tertiary/aromatic N) is 4. The van der Waals surface area contributed by atoms with Gasteiger partial charge in [-0.25, -0.2) is 0 Å². The highest BCUT2D eigenvalue weighted by molar-refractivity contribution is 7.99. The maximum absolute atomic E-state index is 12.9. The fourth-order valence-electron chi connectivity index (χ4n) is 3.23. The van der Waals surface area contributed by atoms with E-state index in [9.17, 15) is 4.79 Å². The average Bonchev–Trinajstić information content (AvgIpc) is 3.44. The molecule has 0 N–H and O–H groups in total. The van der Waals surface area contributed by atoms with E-state index in [-0.39, 0.29) is 5.91 Å². The molecule has 0 spiro atoms. The molecule has 0 atom stereocenters. The van der Waals surface area contributed by atoms with Crippen LogP contribution in [-0.2, 0) is 11.2 Å². The van der Waals surface area contributed by atoms with Crippen molar-refractivity contribution in [3.05, 3.63) is 88.9 Å². The summed E-state index contributed by atoms with van der Waals surface area (Å²) in [5.41, 5.74) is 1.91. The fourth-order valence-corrected chi connectivity index (χ4v) is 4.78.